The summed E-state index contributed by atoms with van der Waals surface area (Å²) in [4.78, 5) is 12.2. The molecule has 23 heavy (non-hydrogen) atoms. The molecule has 9 heteroatoms. The molecule has 1 aliphatic rings. The highest BCUT2D eigenvalue weighted by molar-refractivity contribution is 7.89. The number of imidazole rings is 1. The largest absolute Gasteiger partial charge is 0.473 e. The molecule has 0 spiro atoms. The van der Waals surface area contributed by atoms with Crippen molar-refractivity contribution >= 4 is 10.0 Å². The summed E-state index contributed by atoms with van der Waals surface area (Å²) in [5.41, 5.74) is 0. The first kappa shape index (κ1) is 15.9. The molecular formula is C14H19N5O3S. The fraction of sp³-hybridized carbons (Fsp3) is 0.500. The molecular weight excluding hydrogens is 318 g/mol. The second-order valence-corrected chi connectivity index (χ2v) is 7.45. The molecule has 8 nitrogen and oxygen atoms in total. The maximum atomic E-state index is 12.6. The van der Waals surface area contributed by atoms with Gasteiger partial charge in [0, 0.05) is 32.1 Å². The molecule has 0 amide bonds. The van der Waals surface area contributed by atoms with Crippen molar-refractivity contribution in [2.75, 3.05) is 13.1 Å². The van der Waals surface area contributed by atoms with Crippen LogP contribution in [0.1, 0.15) is 18.7 Å². The van der Waals surface area contributed by atoms with Crippen molar-refractivity contribution in [2.24, 2.45) is 7.05 Å². The first-order chi connectivity index (χ1) is 10.9. The van der Waals surface area contributed by atoms with Crippen LogP contribution in [0.25, 0.3) is 0 Å². The van der Waals surface area contributed by atoms with E-state index < -0.39 is 10.0 Å². The third-order valence-electron chi connectivity index (χ3n) is 3.66. The standard InChI is InChI=1S/C14H19N5O3S/c1-11-15-6-5-13(17-11)22-12-4-3-7-19(8-12)23(20,21)14-9-18(2)10-16-14/h5-6,9-10,12H,3-4,7-8H2,1-2H3. The van der Waals surface area contributed by atoms with Crippen LogP contribution in [0, 0.1) is 6.92 Å². The van der Waals surface area contributed by atoms with E-state index in [1.54, 1.807) is 30.8 Å². The zero-order valence-electron chi connectivity index (χ0n) is 13.1. The SMILES string of the molecule is Cc1nccc(OC2CCCN(S(=O)(=O)c3cn(C)cn3)C2)n1. The predicted molar refractivity (Wildman–Crippen MR) is 82.4 cm³/mol. The average Bonchev–Trinajstić information content (AvgIpc) is 2.95. The summed E-state index contributed by atoms with van der Waals surface area (Å²) in [7, 11) is -1.84. The Bertz CT molecular complexity index is 789. The Labute approximate surface area is 135 Å². The van der Waals surface area contributed by atoms with Gasteiger partial charge in [-0.2, -0.15) is 9.29 Å². The van der Waals surface area contributed by atoms with Crippen molar-refractivity contribution in [1.82, 2.24) is 23.8 Å². The highest BCUT2D eigenvalue weighted by Gasteiger charge is 2.32. The first-order valence-electron chi connectivity index (χ1n) is 7.39. The lowest BCUT2D eigenvalue weighted by Gasteiger charge is -2.31. The quantitative estimate of drug-likeness (QED) is 0.818. The number of aromatic nitrogens is 4. The van der Waals surface area contributed by atoms with Gasteiger partial charge in [0.25, 0.3) is 10.0 Å². The van der Waals surface area contributed by atoms with Crippen LogP contribution in [0.15, 0.2) is 29.8 Å². The molecule has 0 aliphatic carbocycles. The molecule has 2 aromatic rings. The number of sulfonamides is 1. The predicted octanol–water partition coefficient (Wildman–Crippen LogP) is 0.751. The molecule has 3 heterocycles. The molecule has 0 radical (unpaired) electrons. The topological polar surface area (TPSA) is 90.2 Å². The molecule has 0 N–H and O–H groups in total. The Morgan fingerprint density at radius 2 is 2.17 bits per heavy atom. The lowest BCUT2D eigenvalue weighted by Crippen LogP contribution is -2.44. The van der Waals surface area contributed by atoms with Crippen molar-refractivity contribution < 1.29 is 13.2 Å². The van der Waals surface area contributed by atoms with Crippen LogP contribution in [0.3, 0.4) is 0 Å². The van der Waals surface area contributed by atoms with Crippen LogP contribution < -0.4 is 4.74 Å². The van der Waals surface area contributed by atoms with E-state index in [0.717, 1.165) is 12.8 Å². The molecule has 1 aliphatic heterocycles. The van der Waals surface area contributed by atoms with Gasteiger partial charge in [-0.25, -0.2) is 18.4 Å². The summed E-state index contributed by atoms with van der Waals surface area (Å²) in [5, 5.41) is 0.0681. The van der Waals surface area contributed by atoms with Crippen LogP contribution in [0.2, 0.25) is 0 Å². The summed E-state index contributed by atoms with van der Waals surface area (Å²) < 4.78 is 34.1. The monoisotopic (exact) mass is 337 g/mol. The molecule has 0 saturated carbocycles. The number of nitrogens with zero attached hydrogens (tertiary/aromatic N) is 5. The van der Waals surface area contributed by atoms with Gasteiger partial charge in [0.05, 0.1) is 12.9 Å². The van der Waals surface area contributed by atoms with Gasteiger partial charge in [-0.1, -0.05) is 0 Å². The van der Waals surface area contributed by atoms with E-state index in [9.17, 15) is 8.42 Å². The number of rotatable bonds is 4. The molecule has 1 fully saturated rings. The zero-order chi connectivity index (χ0) is 16.4. The molecule has 1 atom stereocenters. The summed E-state index contributed by atoms with van der Waals surface area (Å²) in [6, 6.07) is 1.68. The van der Waals surface area contributed by atoms with Crippen molar-refractivity contribution in [3.8, 4) is 5.88 Å². The van der Waals surface area contributed by atoms with Gasteiger partial charge in [-0.3, -0.25) is 0 Å². The molecule has 0 aromatic carbocycles. The number of ether oxygens (including phenoxy) is 1. The maximum Gasteiger partial charge on any atom is 0.262 e. The lowest BCUT2D eigenvalue weighted by atomic mass is 10.1. The highest BCUT2D eigenvalue weighted by Crippen LogP contribution is 2.22. The van der Waals surface area contributed by atoms with E-state index in [2.05, 4.69) is 15.0 Å². The summed E-state index contributed by atoms with van der Waals surface area (Å²) >= 11 is 0. The van der Waals surface area contributed by atoms with E-state index in [4.69, 9.17) is 4.74 Å². The van der Waals surface area contributed by atoms with Gasteiger partial charge >= 0.3 is 0 Å². The Kier molecular flexibility index (Phi) is 4.31. The van der Waals surface area contributed by atoms with Gasteiger partial charge in [-0.05, 0) is 19.8 Å². The van der Waals surface area contributed by atoms with Crippen molar-refractivity contribution in [3.05, 3.63) is 30.6 Å². The van der Waals surface area contributed by atoms with Gasteiger partial charge < -0.3 is 9.30 Å². The van der Waals surface area contributed by atoms with Gasteiger partial charge in [0.2, 0.25) is 5.88 Å². The second kappa shape index (κ2) is 6.25. The van der Waals surface area contributed by atoms with E-state index in [1.807, 2.05) is 0 Å². The third-order valence-corrected chi connectivity index (χ3v) is 5.42. The van der Waals surface area contributed by atoms with Crippen LogP contribution in [-0.2, 0) is 17.1 Å². The molecule has 0 bridgehead atoms. The Balaban J connectivity index is 1.73. The minimum Gasteiger partial charge on any atom is -0.473 e. The molecule has 3 rings (SSSR count). The van der Waals surface area contributed by atoms with Gasteiger partial charge in [0.1, 0.15) is 11.9 Å². The smallest absolute Gasteiger partial charge is 0.262 e. The summed E-state index contributed by atoms with van der Waals surface area (Å²) in [6.07, 6.45) is 5.92. The van der Waals surface area contributed by atoms with E-state index in [0.29, 0.717) is 24.8 Å². The van der Waals surface area contributed by atoms with Crippen molar-refractivity contribution in [3.63, 3.8) is 0 Å². The van der Waals surface area contributed by atoms with Crippen molar-refractivity contribution in [1.29, 1.82) is 0 Å². The number of hydrogen-bond acceptors (Lipinski definition) is 6. The fourth-order valence-corrected chi connectivity index (χ4v) is 4.02. The highest BCUT2D eigenvalue weighted by atomic mass is 32.2. The van der Waals surface area contributed by atoms with Crippen LogP contribution >= 0.6 is 0 Å². The number of hydrogen-bond donors (Lipinski definition) is 0. The lowest BCUT2D eigenvalue weighted by molar-refractivity contribution is 0.124. The van der Waals surface area contributed by atoms with Crippen LogP contribution in [0.5, 0.6) is 5.88 Å². The second-order valence-electron chi connectivity index (χ2n) is 5.56. The molecule has 1 unspecified atom stereocenters. The molecule has 2 aromatic heterocycles. The van der Waals surface area contributed by atoms with Gasteiger partial charge in [0.15, 0.2) is 5.03 Å². The third kappa shape index (κ3) is 3.50. The van der Waals surface area contributed by atoms with Crippen LogP contribution in [-0.4, -0.2) is 51.4 Å². The Hall–Kier alpha value is -2.00. The fourth-order valence-electron chi connectivity index (χ4n) is 2.54. The van der Waals surface area contributed by atoms with E-state index >= 15 is 0 Å². The van der Waals surface area contributed by atoms with Gasteiger partial charge in [-0.15, -0.1) is 0 Å². The minimum atomic E-state index is -3.59. The zero-order valence-corrected chi connectivity index (χ0v) is 13.9. The minimum absolute atomic E-state index is 0.0681. The van der Waals surface area contributed by atoms with E-state index in [-0.39, 0.29) is 11.1 Å². The Morgan fingerprint density at radius 1 is 1.35 bits per heavy atom. The normalized spacial score (nSPS) is 19.7. The summed E-state index contributed by atoms with van der Waals surface area (Å²) in [6.45, 7) is 2.55. The van der Waals surface area contributed by atoms with Crippen LogP contribution in [0.4, 0.5) is 0 Å². The summed E-state index contributed by atoms with van der Waals surface area (Å²) in [5.74, 6) is 1.09. The first-order valence-corrected chi connectivity index (χ1v) is 8.83. The van der Waals surface area contributed by atoms with Crippen molar-refractivity contribution in [2.45, 2.75) is 30.9 Å². The molecule has 1 saturated heterocycles. The maximum absolute atomic E-state index is 12.6. The van der Waals surface area contributed by atoms with E-state index in [1.165, 1.54) is 16.8 Å². The number of aryl methyl sites for hydroxylation is 2. The number of piperidine rings is 1. The average molecular weight is 337 g/mol. The Morgan fingerprint density at radius 3 is 2.87 bits per heavy atom. The molecule has 124 valence electrons.